The molecule has 0 spiro atoms. The predicted octanol–water partition coefficient (Wildman–Crippen LogP) is 2.70. The standard InChI is InChI=1S/C9H7ClN2O/c1-6-11-5-9(13-6)8-3-2-7(10)4-12-8/h2-5H,1H3. The summed E-state index contributed by atoms with van der Waals surface area (Å²) in [6.07, 6.45) is 3.22. The van der Waals surface area contributed by atoms with Gasteiger partial charge in [-0.25, -0.2) is 4.98 Å². The molecule has 0 radical (unpaired) electrons. The summed E-state index contributed by atoms with van der Waals surface area (Å²) in [6.45, 7) is 1.79. The van der Waals surface area contributed by atoms with Gasteiger partial charge < -0.3 is 4.42 Å². The first-order chi connectivity index (χ1) is 6.25. The van der Waals surface area contributed by atoms with Gasteiger partial charge in [-0.05, 0) is 12.1 Å². The summed E-state index contributed by atoms with van der Waals surface area (Å²) in [4.78, 5) is 8.07. The molecule has 0 aliphatic carbocycles. The number of hydrogen-bond acceptors (Lipinski definition) is 3. The summed E-state index contributed by atoms with van der Waals surface area (Å²) in [6, 6.07) is 3.56. The van der Waals surface area contributed by atoms with Crippen LogP contribution in [-0.2, 0) is 0 Å². The van der Waals surface area contributed by atoms with Crippen molar-refractivity contribution in [3.63, 3.8) is 0 Å². The van der Waals surface area contributed by atoms with Crippen molar-refractivity contribution in [2.24, 2.45) is 0 Å². The van der Waals surface area contributed by atoms with Crippen LogP contribution in [-0.4, -0.2) is 9.97 Å². The molecule has 0 bridgehead atoms. The minimum atomic E-state index is 0.611. The van der Waals surface area contributed by atoms with Crippen LogP contribution in [0.2, 0.25) is 5.02 Å². The van der Waals surface area contributed by atoms with Crippen molar-refractivity contribution in [2.75, 3.05) is 0 Å². The van der Waals surface area contributed by atoms with E-state index in [0.717, 1.165) is 5.69 Å². The molecule has 66 valence electrons. The fourth-order valence-corrected chi connectivity index (χ4v) is 1.11. The maximum absolute atomic E-state index is 5.70. The van der Waals surface area contributed by atoms with Crippen LogP contribution in [0.25, 0.3) is 11.5 Å². The molecule has 3 nitrogen and oxygen atoms in total. The lowest BCUT2D eigenvalue weighted by Gasteiger charge is -1.93. The fourth-order valence-electron chi connectivity index (χ4n) is 1.00. The van der Waals surface area contributed by atoms with Crippen LogP contribution in [0.1, 0.15) is 5.89 Å². The molecule has 2 rings (SSSR count). The first-order valence-corrected chi connectivity index (χ1v) is 4.18. The van der Waals surface area contributed by atoms with E-state index >= 15 is 0 Å². The van der Waals surface area contributed by atoms with Crippen molar-refractivity contribution >= 4 is 11.6 Å². The minimum Gasteiger partial charge on any atom is -0.439 e. The molecule has 0 N–H and O–H groups in total. The molecule has 0 saturated carbocycles. The van der Waals surface area contributed by atoms with Gasteiger partial charge in [0.05, 0.1) is 11.2 Å². The SMILES string of the molecule is Cc1ncc(-c2ccc(Cl)cn2)o1. The van der Waals surface area contributed by atoms with Gasteiger partial charge in [0.15, 0.2) is 11.7 Å². The Morgan fingerprint density at radius 2 is 2.08 bits per heavy atom. The summed E-state index contributed by atoms with van der Waals surface area (Å²) in [7, 11) is 0. The second-order valence-electron chi connectivity index (χ2n) is 2.61. The van der Waals surface area contributed by atoms with E-state index in [-0.39, 0.29) is 0 Å². The van der Waals surface area contributed by atoms with Gasteiger partial charge in [-0.3, -0.25) is 4.98 Å². The van der Waals surface area contributed by atoms with Crippen LogP contribution in [0.3, 0.4) is 0 Å². The van der Waals surface area contributed by atoms with E-state index in [1.165, 1.54) is 0 Å². The number of oxazole rings is 1. The van der Waals surface area contributed by atoms with Crippen molar-refractivity contribution in [2.45, 2.75) is 6.92 Å². The number of aryl methyl sites for hydroxylation is 1. The molecule has 0 aromatic carbocycles. The third kappa shape index (κ3) is 1.70. The van der Waals surface area contributed by atoms with Crippen LogP contribution in [0.15, 0.2) is 28.9 Å². The van der Waals surface area contributed by atoms with Crippen LogP contribution < -0.4 is 0 Å². The lowest BCUT2D eigenvalue weighted by Crippen LogP contribution is -1.78. The Morgan fingerprint density at radius 3 is 2.62 bits per heavy atom. The highest BCUT2D eigenvalue weighted by Crippen LogP contribution is 2.18. The molecule has 4 heteroatoms. The summed E-state index contributed by atoms with van der Waals surface area (Å²) in [5, 5.41) is 0.611. The molecular weight excluding hydrogens is 188 g/mol. The van der Waals surface area contributed by atoms with Crippen molar-refractivity contribution in [3.8, 4) is 11.5 Å². The number of hydrogen-bond donors (Lipinski definition) is 0. The first kappa shape index (κ1) is 8.26. The van der Waals surface area contributed by atoms with Gasteiger partial charge in [0.25, 0.3) is 0 Å². The molecule has 0 atom stereocenters. The van der Waals surface area contributed by atoms with E-state index in [1.54, 1.807) is 31.5 Å². The third-order valence-corrected chi connectivity index (χ3v) is 1.82. The normalized spacial score (nSPS) is 10.3. The lowest BCUT2D eigenvalue weighted by atomic mass is 10.3. The first-order valence-electron chi connectivity index (χ1n) is 3.80. The van der Waals surface area contributed by atoms with Crippen molar-refractivity contribution < 1.29 is 4.42 Å². The minimum absolute atomic E-state index is 0.611. The summed E-state index contributed by atoms with van der Waals surface area (Å²) < 4.78 is 5.29. The number of aromatic nitrogens is 2. The Balaban J connectivity index is 2.41. The highest BCUT2D eigenvalue weighted by Gasteiger charge is 2.03. The third-order valence-electron chi connectivity index (χ3n) is 1.60. The maximum Gasteiger partial charge on any atom is 0.191 e. The summed E-state index contributed by atoms with van der Waals surface area (Å²) >= 11 is 5.70. The Labute approximate surface area is 80.4 Å². The number of nitrogens with zero attached hydrogens (tertiary/aromatic N) is 2. The monoisotopic (exact) mass is 194 g/mol. The highest BCUT2D eigenvalue weighted by atomic mass is 35.5. The van der Waals surface area contributed by atoms with Crippen molar-refractivity contribution in [1.82, 2.24) is 9.97 Å². The zero-order valence-corrected chi connectivity index (χ0v) is 7.75. The fraction of sp³-hybridized carbons (Fsp3) is 0.111. The number of pyridine rings is 1. The van der Waals surface area contributed by atoms with E-state index in [2.05, 4.69) is 9.97 Å². The Hall–Kier alpha value is -1.35. The molecule has 0 fully saturated rings. The van der Waals surface area contributed by atoms with E-state index in [1.807, 2.05) is 0 Å². The van der Waals surface area contributed by atoms with Gasteiger partial charge >= 0.3 is 0 Å². The zero-order chi connectivity index (χ0) is 9.26. The van der Waals surface area contributed by atoms with Gasteiger partial charge in [0.1, 0.15) is 5.69 Å². The van der Waals surface area contributed by atoms with E-state index in [9.17, 15) is 0 Å². The largest absolute Gasteiger partial charge is 0.439 e. The molecule has 0 aliphatic heterocycles. The van der Waals surface area contributed by atoms with Crippen LogP contribution in [0.5, 0.6) is 0 Å². The van der Waals surface area contributed by atoms with Gasteiger partial charge in [0, 0.05) is 13.1 Å². The smallest absolute Gasteiger partial charge is 0.191 e. The molecule has 2 aromatic heterocycles. The molecule has 0 amide bonds. The molecule has 2 aromatic rings. The zero-order valence-electron chi connectivity index (χ0n) is 6.99. The molecular formula is C9H7ClN2O. The average Bonchev–Trinajstić information content (AvgIpc) is 2.53. The number of halogens is 1. The van der Waals surface area contributed by atoms with Crippen molar-refractivity contribution in [1.29, 1.82) is 0 Å². The van der Waals surface area contributed by atoms with Gasteiger partial charge in [0.2, 0.25) is 0 Å². The lowest BCUT2D eigenvalue weighted by molar-refractivity contribution is 0.532. The van der Waals surface area contributed by atoms with E-state index < -0.39 is 0 Å². The molecule has 0 saturated heterocycles. The van der Waals surface area contributed by atoms with E-state index in [4.69, 9.17) is 16.0 Å². The summed E-state index contributed by atoms with van der Waals surface area (Å²) in [5.41, 5.74) is 0.741. The molecule has 0 aliphatic rings. The van der Waals surface area contributed by atoms with Crippen LogP contribution >= 0.6 is 11.6 Å². The topological polar surface area (TPSA) is 38.9 Å². The maximum atomic E-state index is 5.70. The van der Waals surface area contributed by atoms with Crippen molar-refractivity contribution in [3.05, 3.63) is 35.4 Å². The van der Waals surface area contributed by atoms with Crippen LogP contribution in [0.4, 0.5) is 0 Å². The second kappa shape index (κ2) is 3.18. The second-order valence-corrected chi connectivity index (χ2v) is 3.04. The molecule has 2 heterocycles. The van der Waals surface area contributed by atoms with Crippen LogP contribution in [0, 0.1) is 6.92 Å². The summed E-state index contributed by atoms with van der Waals surface area (Å²) in [5.74, 6) is 1.29. The van der Waals surface area contributed by atoms with E-state index in [0.29, 0.717) is 16.7 Å². The van der Waals surface area contributed by atoms with Gasteiger partial charge in [-0.2, -0.15) is 0 Å². The quantitative estimate of drug-likeness (QED) is 0.701. The average molecular weight is 195 g/mol. The van der Waals surface area contributed by atoms with Gasteiger partial charge in [-0.1, -0.05) is 11.6 Å². The van der Waals surface area contributed by atoms with Gasteiger partial charge in [-0.15, -0.1) is 0 Å². The Kier molecular flexibility index (Phi) is 2.02. The molecule has 13 heavy (non-hydrogen) atoms. The number of rotatable bonds is 1. The predicted molar refractivity (Wildman–Crippen MR) is 49.5 cm³/mol. The Morgan fingerprint density at radius 1 is 1.23 bits per heavy atom. The highest BCUT2D eigenvalue weighted by molar-refractivity contribution is 6.30. The Bertz CT molecular complexity index is 408. The molecule has 0 unspecified atom stereocenters.